The second-order valence-corrected chi connectivity index (χ2v) is 10.7. The van der Waals surface area contributed by atoms with Gasteiger partial charge < -0.3 is 9.80 Å². The predicted octanol–water partition coefficient (Wildman–Crippen LogP) is 3.93. The predicted molar refractivity (Wildman–Crippen MR) is 130 cm³/mol. The fourth-order valence-electron chi connectivity index (χ4n) is 4.82. The second-order valence-electron chi connectivity index (χ2n) is 8.73. The monoisotopic (exact) mass is 479 g/mol. The van der Waals surface area contributed by atoms with E-state index in [2.05, 4.69) is 0 Å². The average Bonchev–Trinajstić information content (AvgIpc) is 3.19. The van der Waals surface area contributed by atoms with Gasteiger partial charge in [-0.1, -0.05) is 30.3 Å². The normalized spacial score (nSPS) is 18.7. The lowest BCUT2D eigenvalue weighted by Crippen LogP contribution is -2.48. The summed E-state index contributed by atoms with van der Waals surface area (Å²) in [5.74, 6) is -0.395. The zero-order valence-electron chi connectivity index (χ0n) is 18.9. The van der Waals surface area contributed by atoms with Crippen LogP contribution in [-0.2, 0) is 16.4 Å². The maximum atomic E-state index is 14.1. The van der Waals surface area contributed by atoms with Gasteiger partial charge >= 0.3 is 0 Å². The summed E-state index contributed by atoms with van der Waals surface area (Å²) in [7, 11) is -3.70. The summed E-state index contributed by atoms with van der Waals surface area (Å²) in [6, 6.07) is 20.6. The van der Waals surface area contributed by atoms with E-state index in [-0.39, 0.29) is 35.8 Å². The summed E-state index contributed by atoms with van der Waals surface area (Å²) in [5, 5.41) is 0. The van der Waals surface area contributed by atoms with Crippen LogP contribution in [-0.4, -0.2) is 50.9 Å². The Morgan fingerprint density at radius 1 is 0.882 bits per heavy atom. The van der Waals surface area contributed by atoms with Crippen LogP contribution in [0.1, 0.15) is 22.8 Å². The summed E-state index contributed by atoms with van der Waals surface area (Å²) < 4.78 is 42.3. The molecule has 3 aromatic carbocycles. The van der Waals surface area contributed by atoms with Gasteiger partial charge in [0.1, 0.15) is 5.82 Å². The van der Waals surface area contributed by atoms with Gasteiger partial charge in [0.05, 0.1) is 10.6 Å². The maximum absolute atomic E-state index is 14.1. The van der Waals surface area contributed by atoms with Crippen molar-refractivity contribution in [2.45, 2.75) is 24.3 Å². The quantitative estimate of drug-likeness (QED) is 0.569. The first-order valence-corrected chi connectivity index (χ1v) is 12.8. The minimum absolute atomic E-state index is 0.0648. The fourth-order valence-corrected chi connectivity index (χ4v) is 6.30. The van der Waals surface area contributed by atoms with Crippen molar-refractivity contribution in [1.29, 1.82) is 0 Å². The molecule has 0 radical (unpaired) electrons. The molecule has 0 unspecified atom stereocenters. The van der Waals surface area contributed by atoms with E-state index in [1.165, 1.54) is 10.4 Å². The van der Waals surface area contributed by atoms with Gasteiger partial charge in [0.2, 0.25) is 10.0 Å². The van der Waals surface area contributed by atoms with E-state index in [9.17, 15) is 17.6 Å². The highest BCUT2D eigenvalue weighted by Gasteiger charge is 2.34. The van der Waals surface area contributed by atoms with Crippen molar-refractivity contribution in [2.24, 2.45) is 0 Å². The number of benzene rings is 3. The van der Waals surface area contributed by atoms with Crippen LogP contribution in [0, 0.1) is 5.82 Å². The molecule has 2 heterocycles. The van der Waals surface area contributed by atoms with E-state index in [0.29, 0.717) is 30.8 Å². The number of hydrogen-bond donors (Lipinski definition) is 0. The van der Waals surface area contributed by atoms with Crippen LogP contribution >= 0.6 is 0 Å². The summed E-state index contributed by atoms with van der Waals surface area (Å²) in [6.07, 6.45) is 0.596. The molecule has 0 bridgehead atoms. The molecular formula is C26H26FN3O3S. The minimum atomic E-state index is -3.70. The van der Waals surface area contributed by atoms with Crippen LogP contribution in [0.3, 0.4) is 0 Å². The van der Waals surface area contributed by atoms with Crippen molar-refractivity contribution < 1.29 is 17.6 Å². The zero-order valence-corrected chi connectivity index (χ0v) is 19.7. The van der Waals surface area contributed by atoms with Gasteiger partial charge in [-0.2, -0.15) is 4.31 Å². The van der Waals surface area contributed by atoms with E-state index in [4.69, 9.17) is 0 Å². The molecular weight excluding hydrogens is 453 g/mol. The van der Waals surface area contributed by atoms with Crippen molar-refractivity contribution in [2.75, 3.05) is 36.0 Å². The van der Waals surface area contributed by atoms with Gasteiger partial charge in [0.25, 0.3) is 5.91 Å². The summed E-state index contributed by atoms with van der Waals surface area (Å²) in [4.78, 5) is 16.9. The lowest BCUT2D eigenvalue weighted by molar-refractivity contribution is 0.0981. The molecule has 1 saturated heterocycles. The molecule has 0 N–H and O–H groups in total. The first kappa shape index (κ1) is 22.6. The number of fused-ring (bicyclic) bond motifs is 1. The van der Waals surface area contributed by atoms with Gasteiger partial charge in [-0.25, -0.2) is 12.8 Å². The molecule has 0 aromatic heterocycles. The highest BCUT2D eigenvalue weighted by atomic mass is 32.2. The van der Waals surface area contributed by atoms with Crippen LogP contribution in [0.5, 0.6) is 0 Å². The molecule has 5 rings (SSSR count). The van der Waals surface area contributed by atoms with E-state index in [0.717, 1.165) is 11.3 Å². The van der Waals surface area contributed by atoms with Crippen LogP contribution in [0.4, 0.5) is 15.8 Å². The van der Waals surface area contributed by atoms with Crippen molar-refractivity contribution >= 4 is 27.3 Å². The molecule has 1 atom stereocenters. The highest BCUT2D eigenvalue weighted by molar-refractivity contribution is 7.89. The van der Waals surface area contributed by atoms with Gasteiger partial charge in [0, 0.05) is 43.5 Å². The van der Waals surface area contributed by atoms with Crippen molar-refractivity contribution in [3.05, 3.63) is 89.7 Å². The van der Waals surface area contributed by atoms with Crippen molar-refractivity contribution in [1.82, 2.24) is 4.31 Å². The first-order valence-electron chi connectivity index (χ1n) is 11.4. The molecule has 2 aliphatic heterocycles. The maximum Gasteiger partial charge on any atom is 0.258 e. The molecule has 0 spiro atoms. The third-order valence-electron chi connectivity index (χ3n) is 6.58. The standard InChI is InChI=1S/C26H26FN3O3S/c1-19-17-21-18-22(11-12-24(21)30(19)26(31)20-7-3-2-4-8-20)34(32,33)29-15-13-28(14-16-29)25-10-6-5-9-23(25)27/h2-12,18-19H,13-17H2,1H3/t19-/m0/s1. The van der Waals surface area contributed by atoms with Gasteiger partial charge in [-0.15, -0.1) is 0 Å². The van der Waals surface area contributed by atoms with E-state index >= 15 is 0 Å². The lowest BCUT2D eigenvalue weighted by atomic mass is 10.1. The van der Waals surface area contributed by atoms with E-state index < -0.39 is 10.0 Å². The molecule has 0 saturated carbocycles. The number of rotatable bonds is 4. The van der Waals surface area contributed by atoms with Crippen molar-refractivity contribution in [3.8, 4) is 0 Å². The molecule has 0 aliphatic carbocycles. The molecule has 8 heteroatoms. The molecule has 1 amide bonds. The smallest absolute Gasteiger partial charge is 0.258 e. The Morgan fingerprint density at radius 3 is 2.26 bits per heavy atom. The highest BCUT2D eigenvalue weighted by Crippen LogP contribution is 2.36. The van der Waals surface area contributed by atoms with Crippen LogP contribution in [0.2, 0.25) is 0 Å². The Balaban J connectivity index is 1.35. The van der Waals surface area contributed by atoms with Gasteiger partial charge in [-0.05, 0) is 61.4 Å². The number of hydrogen-bond acceptors (Lipinski definition) is 4. The van der Waals surface area contributed by atoms with Crippen LogP contribution in [0.25, 0.3) is 0 Å². The summed E-state index contributed by atoms with van der Waals surface area (Å²) in [6.45, 7) is 3.37. The Labute approximate surface area is 199 Å². The Hall–Kier alpha value is -3.23. The van der Waals surface area contributed by atoms with E-state index in [1.807, 2.05) is 30.0 Å². The zero-order chi connectivity index (χ0) is 23.9. The van der Waals surface area contributed by atoms with Crippen LogP contribution in [0.15, 0.2) is 77.7 Å². The number of anilines is 2. The van der Waals surface area contributed by atoms with Gasteiger partial charge in [-0.3, -0.25) is 4.79 Å². The SMILES string of the molecule is C[C@H]1Cc2cc(S(=O)(=O)N3CCN(c4ccccc4F)CC3)ccc2N1C(=O)c1ccccc1. The molecule has 1 fully saturated rings. The number of piperazine rings is 1. The van der Waals surface area contributed by atoms with Crippen LogP contribution < -0.4 is 9.80 Å². The number of para-hydroxylation sites is 1. The van der Waals surface area contributed by atoms with Gasteiger partial charge in [0.15, 0.2) is 0 Å². The number of amides is 1. The Kier molecular flexibility index (Phi) is 5.87. The lowest BCUT2D eigenvalue weighted by Gasteiger charge is -2.35. The number of halogens is 1. The summed E-state index contributed by atoms with van der Waals surface area (Å²) >= 11 is 0. The number of carbonyl (C=O) groups is 1. The Morgan fingerprint density at radius 2 is 1.56 bits per heavy atom. The molecule has 34 heavy (non-hydrogen) atoms. The molecule has 2 aliphatic rings. The average molecular weight is 480 g/mol. The topological polar surface area (TPSA) is 60.9 Å². The fraction of sp³-hybridized carbons (Fsp3) is 0.269. The molecule has 176 valence electrons. The molecule has 3 aromatic rings. The minimum Gasteiger partial charge on any atom is -0.367 e. The Bertz CT molecular complexity index is 1320. The van der Waals surface area contributed by atoms with E-state index in [1.54, 1.807) is 53.4 Å². The number of sulfonamides is 1. The third-order valence-corrected chi connectivity index (χ3v) is 8.47. The largest absolute Gasteiger partial charge is 0.367 e. The molecule has 6 nitrogen and oxygen atoms in total. The number of carbonyl (C=O) groups excluding carboxylic acids is 1. The second kappa shape index (κ2) is 8.85. The first-order chi connectivity index (χ1) is 16.4. The summed E-state index contributed by atoms with van der Waals surface area (Å²) in [5.41, 5.74) is 2.70. The van der Waals surface area contributed by atoms with Crippen molar-refractivity contribution in [3.63, 3.8) is 0 Å². The number of nitrogens with zero attached hydrogens (tertiary/aromatic N) is 3. The third kappa shape index (κ3) is 3.97.